The van der Waals surface area contributed by atoms with Crippen LogP contribution in [0.1, 0.15) is 24.8 Å². The second kappa shape index (κ2) is 5.05. The van der Waals surface area contributed by atoms with E-state index in [1.807, 2.05) is 6.07 Å². The summed E-state index contributed by atoms with van der Waals surface area (Å²) in [5.41, 5.74) is 0.501. The molecule has 0 saturated carbocycles. The first-order chi connectivity index (χ1) is 8.63. The zero-order valence-electron chi connectivity index (χ0n) is 9.77. The van der Waals surface area contributed by atoms with Crippen LogP contribution in [0.2, 0.25) is 0 Å². The van der Waals surface area contributed by atoms with Crippen molar-refractivity contribution in [3.05, 3.63) is 29.6 Å². The van der Waals surface area contributed by atoms with Crippen LogP contribution in [-0.4, -0.2) is 23.7 Å². The number of carboxylic acid groups (broad SMARTS) is 1. The highest BCUT2D eigenvalue weighted by molar-refractivity contribution is 5.78. The Labute approximate surface area is 104 Å². The van der Waals surface area contributed by atoms with Gasteiger partial charge >= 0.3 is 5.97 Å². The molecular weight excluding hydrogens is 235 g/mol. The molecule has 1 aromatic rings. The van der Waals surface area contributed by atoms with Gasteiger partial charge in [-0.1, -0.05) is 0 Å². The first-order valence-corrected chi connectivity index (χ1v) is 5.82. The van der Waals surface area contributed by atoms with Gasteiger partial charge in [0.25, 0.3) is 0 Å². The Balaban J connectivity index is 2.34. The monoisotopic (exact) mass is 248 g/mol. The fourth-order valence-electron chi connectivity index (χ4n) is 2.29. The van der Waals surface area contributed by atoms with E-state index in [2.05, 4.69) is 0 Å². The summed E-state index contributed by atoms with van der Waals surface area (Å²) >= 11 is 0. The van der Waals surface area contributed by atoms with Crippen LogP contribution in [0, 0.1) is 17.1 Å². The number of rotatable bonds is 2. The van der Waals surface area contributed by atoms with Crippen LogP contribution in [-0.2, 0) is 4.79 Å². The van der Waals surface area contributed by atoms with Crippen molar-refractivity contribution in [3.63, 3.8) is 0 Å². The Morgan fingerprint density at radius 3 is 2.89 bits per heavy atom. The van der Waals surface area contributed by atoms with Crippen molar-refractivity contribution in [2.45, 2.75) is 25.3 Å². The van der Waals surface area contributed by atoms with Crippen LogP contribution < -0.4 is 4.90 Å². The van der Waals surface area contributed by atoms with E-state index >= 15 is 0 Å². The Morgan fingerprint density at radius 2 is 2.28 bits per heavy atom. The summed E-state index contributed by atoms with van der Waals surface area (Å²) in [6, 6.07) is 5.31. The number of piperidine rings is 1. The molecule has 1 saturated heterocycles. The van der Waals surface area contributed by atoms with Crippen LogP contribution >= 0.6 is 0 Å². The van der Waals surface area contributed by atoms with Crippen molar-refractivity contribution in [1.82, 2.24) is 0 Å². The zero-order chi connectivity index (χ0) is 13.1. The summed E-state index contributed by atoms with van der Waals surface area (Å²) in [5, 5.41) is 17.8. The van der Waals surface area contributed by atoms with Crippen molar-refractivity contribution in [1.29, 1.82) is 5.26 Å². The predicted octanol–water partition coefficient (Wildman–Crippen LogP) is 2.14. The summed E-state index contributed by atoms with van der Waals surface area (Å²) in [4.78, 5) is 12.7. The summed E-state index contributed by atoms with van der Waals surface area (Å²) in [6.07, 6.45) is 2.21. The normalized spacial score (nSPS) is 19.3. The molecule has 18 heavy (non-hydrogen) atoms. The van der Waals surface area contributed by atoms with E-state index in [0.29, 0.717) is 13.0 Å². The Kier molecular flexibility index (Phi) is 3.47. The second-order valence-electron chi connectivity index (χ2n) is 4.32. The van der Waals surface area contributed by atoms with Gasteiger partial charge in [-0.3, -0.25) is 0 Å². The predicted molar refractivity (Wildman–Crippen MR) is 63.7 cm³/mol. The number of halogens is 1. The van der Waals surface area contributed by atoms with Gasteiger partial charge < -0.3 is 10.0 Å². The fraction of sp³-hybridized carbons (Fsp3) is 0.385. The minimum atomic E-state index is -0.932. The van der Waals surface area contributed by atoms with Gasteiger partial charge in [0.15, 0.2) is 0 Å². The highest BCUT2D eigenvalue weighted by atomic mass is 19.1. The molecule has 0 aromatic heterocycles. The van der Waals surface area contributed by atoms with Gasteiger partial charge in [-0.25, -0.2) is 9.18 Å². The van der Waals surface area contributed by atoms with Crippen LogP contribution in [0.4, 0.5) is 10.1 Å². The molecule has 94 valence electrons. The zero-order valence-corrected chi connectivity index (χ0v) is 9.77. The quantitative estimate of drug-likeness (QED) is 0.870. The summed E-state index contributed by atoms with van der Waals surface area (Å²) in [6.45, 7) is 0.528. The molecule has 0 spiro atoms. The molecule has 0 bridgehead atoms. The van der Waals surface area contributed by atoms with Gasteiger partial charge in [-0.15, -0.1) is 0 Å². The number of nitrogens with zero attached hydrogens (tertiary/aromatic N) is 2. The number of carboxylic acids is 1. The topological polar surface area (TPSA) is 64.3 Å². The highest BCUT2D eigenvalue weighted by Gasteiger charge is 2.30. The third kappa shape index (κ3) is 2.28. The van der Waals surface area contributed by atoms with Gasteiger partial charge in [0, 0.05) is 6.54 Å². The number of aliphatic carboxylic acids is 1. The summed E-state index contributed by atoms with van der Waals surface area (Å²) in [5.74, 6) is -1.47. The van der Waals surface area contributed by atoms with Crippen LogP contribution in [0.3, 0.4) is 0 Å². The SMILES string of the molecule is N#Cc1ccc(N2CCCCC2C(=O)O)c(F)c1. The molecular formula is C13H13FN2O2. The molecule has 0 radical (unpaired) electrons. The smallest absolute Gasteiger partial charge is 0.326 e. The molecule has 1 atom stereocenters. The van der Waals surface area contributed by atoms with E-state index in [4.69, 9.17) is 10.4 Å². The highest BCUT2D eigenvalue weighted by Crippen LogP contribution is 2.27. The molecule has 1 aliphatic rings. The standard InChI is InChI=1S/C13H13FN2O2/c14-10-7-9(8-15)4-5-11(10)16-6-2-1-3-12(16)13(17)18/h4-5,7,12H,1-3,6H2,(H,17,18). The van der Waals surface area contributed by atoms with Crippen molar-refractivity contribution in [2.24, 2.45) is 0 Å². The van der Waals surface area contributed by atoms with E-state index in [1.54, 1.807) is 4.90 Å². The summed E-state index contributed by atoms with van der Waals surface area (Å²) < 4.78 is 13.9. The van der Waals surface area contributed by atoms with E-state index in [0.717, 1.165) is 18.9 Å². The summed E-state index contributed by atoms with van der Waals surface area (Å²) in [7, 11) is 0. The van der Waals surface area contributed by atoms with E-state index in [9.17, 15) is 9.18 Å². The molecule has 1 fully saturated rings. The Hall–Kier alpha value is -2.09. The first-order valence-electron chi connectivity index (χ1n) is 5.82. The average Bonchev–Trinajstić information content (AvgIpc) is 2.38. The molecule has 1 unspecified atom stereocenters. The van der Waals surface area contributed by atoms with Gasteiger partial charge in [0.05, 0.1) is 17.3 Å². The number of carbonyl (C=O) groups is 1. The second-order valence-corrected chi connectivity index (χ2v) is 4.32. The minimum Gasteiger partial charge on any atom is -0.480 e. The van der Waals surface area contributed by atoms with Crippen LogP contribution in [0.25, 0.3) is 0 Å². The van der Waals surface area contributed by atoms with E-state index in [-0.39, 0.29) is 11.3 Å². The van der Waals surface area contributed by atoms with Crippen LogP contribution in [0.5, 0.6) is 0 Å². The molecule has 0 amide bonds. The maximum absolute atomic E-state index is 13.9. The molecule has 0 aliphatic carbocycles. The number of anilines is 1. The number of hydrogen-bond acceptors (Lipinski definition) is 3. The number of benzene rings is 1. The molecule has 2 rings (SSSR count). The molecule has 1 heterocycles. The van der Waals surface area contributed by atoms with Crippen molar-refractivity contribution >= 4 is 11.7 Å². The molecule has 1 N–H and O–H groups in total. The van der Waals surface area contributed by atoms with E-state index < -0.39 is 17.8 Å². The van der Waals surface area contributed by atoms with Crippen molar-refractivity contribution < 1.29 is 14.3 Å². The van der Waals surface area contributed by atoms with Gasteiger partial charge in [-0.05, 0) is 37.5 Å². The lowest BCUT2D eigenvalue weighted by Crippen LogP contribution is -2.45. The fourth-order valence-corrected chi connectivity index (χ4v) is 2.29. The first kappa shape index (κ1) is 12.4. The molecule has 5 heteroatoms. The maximum atomic E-state index is 13.9. The molecule has 1 aromatic carbocycles. The third-order valence-electron chi connectivity index (χ3n) is 3.17. The Morgan fingerprint density at radius 1 is 1.50 bits per heavy atom. The lowest BCUT2D eigenvalue weighted by Gasteiger charge is -2.35. The van der Waals surface area contributed by atoms with Gasteiger partial charge in [-0.2, -0.15) is 5.26 Å². The maximum Gasteiger partial charge on any atom is 0.326 e. The molecule has 1 aliphatic heterocycles. The third-order valence-corrected chi connectivity index (χ3v) is 3.17. The van der Waals surface area contributed by atoms with Crippen LogP contribution in [0.15, 0.2) is 18.2 Å². The average molecular weight is 248 g/mol. The lowest BCUT2D eigenvalue weighted by molar-refractivity contribution is -0.139. The molecule has 4 nitrogen and oxygen atoms in total. The minimum absolute atomic E-state index is 0.236. The van der Waals surface area contributed by atoms with Gasteiger partial charge in [0.2, 0.25) is 0 Å². The van der Waals surface area contributed by atoms with Gasteiger partial charge in [0.1, 0.15) is 11.9 Å². The van der Waals surface area contributed by atoms with Crippen molar-refractivity contribution in [3.8, 4) is 6.07 Å². The van der Waals surface area contributed by atoms with E-state index in [1.165, 1.54) is 12.1 Å². The number of nitriles is 1. The lowest BCUT2D eigenvalue weighted by atomic mass is 10.0. The number of hydrogen-bond donors (Lipinski definition) is 1. The Bertz CT molecular complexity index is 510. The largest absolute Gasteiger partial charge is 0.480 e. The van der Waals surface area contributed by atoms with Crippen molar-refractivity contribution in [2.75, 3.05) is 11.4 Å².